The van der Waals surface area contributed by atoms with Crippen LogP contribution in [0, 0.1) is 0 Å². The number of piperidine rings is 1. The molecular formula is C24H34N2O7. The minimum atomic E-state index is -0.771. The first-order valence-electron chi connectivity index (χ1n) is 11.6. The maximum atomic E-state index is 12.9. The zero-order valence-corrected chi connectivity index (χ0v) is 19.7. The molecule has 0 saturated carbocycles. The molecule has 3 aliphatic rings. The van der Waals surface area contributed by atoms with Gasteiger partial charge in [0.15, 0.2) is 24.3 Å². The smallest absolute Gasteiger partial charge is 0.410 e. The summed E-state index contributed by atoms with van der Waals surface area (Å²) in [6.07, 6.45) is -0.735. The van der Waals surface area contributed by atoms with Crippen LogP contribution in [0.1, 0.15) is 52.5 Å². The van der Waals surface area contributed by atoms with Gasteiger partial charge in [0, 0.05) is 18.6 Å². The zero-order valence-electron chi connectivity index (χ0n) is 19.7. The molecule has 1 aromatic carbocycles. The minimum Gasteiger partial charge on any atom is -0.445 e. The number of fused-ring (bicyclic) bond motifs is 1. The van der Waals surface area contributed by atoms with Gasteiger partial charge in [0.05, 0.1) is 0 Å². The van der Waals surface area contributed by atoms with E-state index in [2.05, 4.69) is 5.32 Å². The van der Waals surface area contributed by atoms with Gasteiger partial charge in [-0.3, -0.25) is 0 Å². The molecule has 1 N–H and O–H groups in total. The Labute approximate surface area is 194 Å². The summed E-state index contributed by atoms with van der Waals surface area (Å²) >= 11 is 0. The molecule has 2 amide bonds. The second-order valence-corrected chi connectivity index (χ2v) is 9.63. The lowest BCUT2D eigenvalue weighted by Crippen LogP contribution is -2.55. The second-order valence-electron chi connectivity index (χ2n) is 9.63. The highest BCUT2D eigenvalue weighted by molar-refractivity contribution is 5.69. The van der Waals surface area contributed by atoms with Crippen molar-refractivity contribution >= 4 is 12.2 Å². The molecule has 9 heteroatoms. The number of rotatable bonds is 5. The predicted octanol–water partition coefficient (Wildman–Crippen LogP) is 3.56. The van der Waals surface area contributed by atoms with E-state index in [4.69, 9.17) is 23.7 Å². The fourth-order valence-corrected chi connectivity index (χ4v) is 4.52. The minimum absolute atomic E-state index is 0.216. The third-order valence-corrected chi connectivity index (χ3v) is 6.47. The highest BCUT2D eigenvalue weighted by Crippen LogP contribution is 2.39. The molecule has 0 aromatic heterocycles. The molecule has 4 atom stereocenters. The molecule has 0 unspecified atom stereocenters. The highest BCUT2D eigenvalue weighted by Gasteiger charge is 2.56. The van der Waals surface area contributed by atoms with Gasteiger partial charge in [0.25, 0.3) is 0 Å². The molecule has 9 nitrogen and oxygen atoms in total. The molecule has 33 heavy (non-hydrogen) atoms. The molecule has 3 saturated heterocycles. The second kappa shape index (κ2) is 9.48. The van der Waals surface area contributed by atoms with Crippen LogP contribution in [0.4, 0.5) is 9.59 Å². The summed E-state index contributed by atoms with van der Waals surface area (Å²) in [5, 5.41) is 2.96. The predicted molar refractivity (Wildman–Crippen MR) is 118 cm³/mol. The van der Waals surface area contributed by atoms with Gasteiger partial charge >= 0.3 is 12.2 Å². The molecule has 3 heterocycles. The largest absolute Gasteiger partial charge is 0.445 e. The third kappa shape index (κ3) is 5.59. The van der Waals surface area contributed by atoms with E-state index in [0.29, 0.717) is 32.4 Å². The van der Waals surface area contributed by atoms with Crippen molar-refractivity contribution in [3.8, 4) is 0 Å². The Morgan fingerprint density at radius 2 is 1.82 bits per heavy atom. The lowest BCUT2D eigenvalue weighted by molar-refractivity contribution is -0.215. The average molecular weight is 463 g/mol. The standard InChI is InChI=1S/C24H34N2O7/c1-5-17-18(19-20(30-17)33-23(2,3)32-19)31-22(28)26-13-11-24(4,12-14-26)25-21(27)29-15-16-9-7-6-8-10-16/h6-10,17-20H,5,11-15H2,1-4H3,(H,25,27)/t17-,18+,19-,20-/m1/s1. The molecule has 3 aliphatic heterocycles. The number of carbonyl (C=O) groups is 2. The van der Waals surface area contributed by atoms with Gasteiger partial charge in [-0.05, 0) is 45.6 Å². The quantitative estimate of drug-likeness (QED) is 0.715. The lowest BCUT2D eigenvalue weighted by Gasteiger charge is -2.39. The molecule has 0 radical (unpaired) electrons. The molecule has 0 aliphatic carbocycles. The number of hydrogen-bond donors (Lipinski definition) is 1. The number of ether oxygens (including phenoxy) is 5. The molecule has 182 valence electrons. The molecule has 0 spiro atoms. The number of likely N-dealkylation sites (tertiary alicyclic amines) is 1. The first kappa shape index (κ1) is 23.8. The number of benzene rings is 1. The van der Waals surface area contributed by atoms with Crippen LogP contribution in [0.5, 0.6) is 0 Å². The summed E-state index contributed by atoms with van der Waals surface area (Å²) < 4.78 is 28.8. The Morgan fingerprint density at radius 1 is 1.12 bits per heavy atom. The summed E-state index contributed by atoms with van der Waals surface area (Å²) in [5.41, 5.74) is 0.476. The van der Waals surface area contributed by atoms with Crippen molar-refractivity contribution in [3.05, 3.63) is 35.9 Å². The van der Waals surface area contributed by atoms with Crippen LogP contribution in [0.2, 0.25) is 0 Å². The van der Waals surface area contributed by atoms with E-state index in [9.17, 15) is 9.59 Å². The van der Waals surface area contributed by atoms with Crippen molar-refractivity contribution < 1.29 is 33.3 Å². The van der Waals surface area contributed by atoms with Crippen LogP contribution in [-0.2, 0) is 30.3 Å². The normalized spacial score (nSPS) is 29.9. The Hall–Kier alpha value is -2.36. The van der Waals surface area contributed by atoms with Crippen LogP contribution in [-0.4, -0.2) is 66.1 Å². The zero-order chi connectivity index (χ0) is 23.6. The van der Waals surface area contributed by atoms with Crippen LogP contribution in [0.25, 0.3) is 0 Å². The number of nitrogens with one attached hydrogen (secondary N) is 1. The fourth-order valence-electron chi connectivity index (χ4n) is 4.52. The van der Waals surface area contributed by atoms with Gasteiger partial charge in [-0.1, -0.05) is 37.3 Å². The Kier molecular flexibility index (Phi) is 6.83. The van der Waals surface area contributed by atoms with Crippen molar-refractivity contribution in [2.75, 3.05) is 13.1 Å². The maximum Gasteiger partial charge on any atom is 0.410 e. The first-order chi connectivity index (χ1) is 15.7. The van der Waals surface area contributed by atoms with E-state index in [1.807, 2.05) is 58.0 Å². The Morgan fingerprint density at radius 3 is 2.48 bits per heavy atom. The van der Waals surface area contributed by atoms with Crippen molar-refractivity contribution in [1.82, 2.24) is 10.2 Å². The Bertz CT molecular complexity index is 838. The number of amides is 2. The summed E-state index contributed by atoms with van der Waals surface area (Å²) in [6.45, 7) is 8.73. The van der Waals surface area contributed by atoms with E-state index in [1.54, 1.807) is 4.90 Å². The summed E-state index contributed by atoms with van der Waals surface area (Å²) in [4.78, 5) is 26.8. The topological polar surface area (TPSA) is 95.6 Å². The first-order valence-corrected chi connectivity index (χ1v) is 11.6. The van der Waals surface area contributed by atoms with E-state index in [1.165, 1.54) is 0 Å². The van der Waals surface area contributed by atoms with Crippen LogP contribution in [0.3, 0.4) is 0 Å². The summed E-state index contributed by atoms with van der Waals surface area (Å²) in [6, 6.07) is 9.53. The van der Waals surface area contributed by atoms with Crippen molar-refractivity contribution in [3.63, 3.8) is 0 Å². The van der Waals surface area contributed by atoms with Crippen molar-refractivity contribution in [1.29, 1.82) is 0 Å². The maximum absolute atomic E-state index is 12.9. The van der Waals surface area contributed by atoms with E-state index < -0.39 is 42.0 Å². The van der Waals surface area contributed by atoms with E-state index in [0.717, 1.165) is 5.56 Å². The van der Waals surface area contributed by atoms with Crippen molar-refractivity contribution in [2.45, 2.75) is 89.5 Å². The van der Waals surface area contributed by atoms with Crippen LogP contribution in [0.15, 0.2) is 30.3 Å². The number of carbonyl (C=O) groups excluding carboxylic acids is 2. The van der Waals surface area contributed by atoms with E-state index in [-0.39, 0.29) is 12.7 Å². The molecular weight excluding hydrogens is 428 g/mol. The van der Waals surface area contributed by atoms with Gasteiger partial charge in [-0.2, -0.15) is 0 Å². The van der Waals surface area contributed by atoms with Gasteiger partial charge in [-0.15, -0.1) is 0 Å². The van der Waals surface area contributed by atoms with Crippen LogP contribution < -0.4 is 5.32 Å². The number of alkyl carbamates (subject to hydrolysis) is 1. The van der Waals surface area contributed by atoms with Gasteiger partial charge in [-0.25, -0.2) is 9.59 Å². The molecule has 1 aromatic rings. The Balaban J connectivity index is 1.25. The van der Waals surface area contributed by atoms with Crippen LogP contribution >= 0.6 is 0 Å². The fraction of sp³-hybridized carbons (Fsp3) is 0.667. The average Bonchev–Trinajstić information content (AvgIpc) is 3.25. The number of hydrogen-bond acceptors (Lipinski definition) is 7. The number of nitrogens with zero attached hydrogens (tertiary/aromatic N) is 1. The molecule has 3 fully saturated rings. The monoisotopic (exact) mass is 462 g/mol. The SMILES string of the molecule is CC[C@H]1O[C@@H]2OC(C)(C)O[C@@H]2[C@H]1OC(=O)N1CCC(C)(NC(=O)OCc2ccccc2)CC1. The van der Waals surface area contributed by atoms with Gasteiger partial charge < -0.3 is 33.9 Å². The van der Waals surface area contributed by atoms with Gasteiger partial charge in [0.2, 0.25) is 0 Å². The summed E-state index contributed by atoms with van der Waals surface area (Å²) in [7, 11) is 0. The summed E-state index contributed by atoms with van der Waals surface area (Å²) in [5.74, 6) is -0.771. The third-order valence-electron chi connectivity index (χ3n) is 6.47. The van der Waals surface area contributed by atoms with Gasteiger partial charge in [0.1, 0.15) is 12.7 Å². The lowest BCUT2D eigenvalue weighted by atomic mass is 9.90. The van der Waals surface area contributed by atoms with E-state index >= 15 is 0 Å². The highest BCUT2D eigenvalue weighted by atomic mass is 16.8. The molecule has 4 rings (SSSR count). The molecule has 0 bridgehead atoms. The van der Waals surface area contributed by atoms with Crippen molar-refractivity contribution in [2.24, 2.45) is 0 Å².